The lowest BCUT2D eigenvalue weighted by molar-refractivity contribution is -0.385. The molecule has 164 valence electrons. The van der Waals surface area contributed by atoms with Crippen molar-refractivity contribution in [2.45, 2.75) is 65.3 Å². The van der Waals surface area contributed by atoms with Crippen molar-refractivity contribution in [2.75, 3.05) is 13.1 Å². The molecule has 1 aliphatic rings. The van der Waals surface area contributed by atoms with E-state index in [1.165, 1.54) is 4.90 Å². The van der Waals surface area contributed by atoms with Crippen LogP contribution in [-0.4, -0.2) is 40.7 Å². The Hall–Kier alpha value is -2.52. The lowest BCUT2D eigenvalue weighted by atomic mass is 10.1. The number of amides is 1. The quantitative estimate of drug-likeness (QED) is 0.482. The molecule has 1 fully saturated rings. The van der Waals surface area contributed by atoms with Crippen LogP contribution in [0.1, 0.15) is 53.0 Å². The number of piperidine rings is 1. The molecule has 1 aromatic carbocycles. The SMILES string of the molecule is CC.CC(C)(C)OC(=O)N1CCC(Oc2cc([N+](=O)[O-])cc(C(F)(F)F)c2)CC1. The van der Waals surface area contributed by atoms with Crippen molar-refractivity contribution in [1.82, 2.24) is 4.90 Å². The molecule has 29 heavy (non-hydrogen) atoms. The van der Waals surface area contributed by atoms with Gasteiger partial charge < -0.3 is 14.4 Å². The molecule has 2 rings (SSSR count). The highest BCUT2D eigenvalue weighted by atomic mass is 19.4. The van der Waals surface area contributed by atoms with E-state index in [-0.39, 0.29) is 5.75 Å². The number of nitro groups is 1. The van der Waals surface area contributed by atoms with E-state index in [2.05, 4.69) is 0 Å². The third-order valence-electron chi connectivity index (χ3n) is 3.83. The maximum Gasteiger partial charge on any atom is 0.416 e. The maximum atomic E-state index is 12.9. The highest BCUT2D eigenvalue weighted by Crippen LogP contribution is 2.35. The lowest BCUT2D eigenvalue weighted by Crippen LogP contribution is -2.44. The molecule has 1 amide bonds. The third-order valence-corrected chi connectivity index (χ3v) is 3.83. The van der Waals surface area contributed by atoms with Gasteiger partial charge in [0.2, 0.25) is 0 Å². The van der Waals surface area contributed by atoms with Gasteiger partial charge in [0, 0.05) is 32.0 Å². The summed E-state index contributed by atoms with van der Waals surface area (Å²) in [6.07, 6.45) is -4.88. The Labute approximate surface area is 167 Å². The topological polar surface area (TPSA) is 81.9 Å². The van der Waals surface area contributed by atoms with Crippen LogP contribution in [0.2, 0.25) is 0 Å². The Balaban J connectivity index is 0.00000204. The number of nitrogens with zero attached hydrogens (tertiary/aromatic N) is 2. The van der Waals surface area contributed by atoms with Crippen LogP contribution >= 0.6 is 0 Å². The van der Waals surface area contributed by atoms with Gasteiger partial charge in [-0.3, -0.25) is 10.1 Å². The van der Waals surface area contributed by atoms with Gasteiger partial charge in [0.1, 0.15) is 17.5 Å². The molecule has 0 N–H and O–H groups in total. The molecule has 1 aromatic rings. The first-order valence-corrected chi connectivity index (χ1v) is 9.36. The van der Waals surface area contributed by atoms with E-state index in [0.717, 1.165) is 12.1 Å². The summed E-state index contributed by atoms with van der Waals surface area (Å²) in [5.74, 6) is -0.216. The zero-order valence-electron chi connectivity index (χ0n) is 17.2. The number of non-ortho nitro benzene ring substituents is 1. The van der Waals surface area contributed by atoms with Crippen LogP contribution in [0.25, 0.3) is 0 Å². The van der Waals surface area contributed by atoms with Crippen molar-refractivity contribution in [3.05, 3.63) is 33.9 Å². The van der Waals surface area contributed by atoms with Crippen molar-refractivity contribution >= 4 is 11.8 Å². The van der Waals surface area contributed by atoms with E-state index in [1.807, 2.05) is 13.8 Å². The summed E-state index contributed by atoms with van der Waals surface area (Å²) in [7, 11) is 0. The molecule has 10 heteroatoms. The van der Waals surface area contributed by atoms with Gasteiger partial charge in [-0.05, 0) is 26.8 Å². The van der Waals surface area contributed by atoms with Gasteiger partial charge in [0.25, 0.3) is 5.69 Å². The fraction of sp³-hybridized carbons (Fsp3) is 0.632. The zero-order chi connectivity index (χ0) is 22.4. The van der Waals surface area contributed by atoms with E-state index >= 15 is 0 Å². The van der Waals surface area contributed by atoms with Gasteiger partial charge in [-0.2, -0.15) is 13.2 Å². The standard InChI is InChI=1S/C17H21F3N2O5.C2H6/c1-16(2,3)27-15(23)21-6-4-13(5-7-21)26-14-9-11(17(18,19)20)8-12(10-14)22(24)25;1-2/h8-10,13H,4-7H2,1-3H3;1-2H3. The van der Waals surface area contributed by atoms with Crippen LogP contribution in [0.3, 0.4) is 0 Å². The van der Waals surface area contributed by atoms with E-state index in [0.29, 0.717) is 32.0 Å². The van der Waals surface area contributed by atoms with Gasteiger partial charge >= 0.3 is 12.3 Å². The Morgan fingerprint density at radius 1 is 1.14 bits per heavy atom. The van der Waals surface area contributed by atoms with Gasteiger partial charge in [-0.25, -0.2) is 4.79 Å². The van der Waals surface area contributed by atoms with Crippen molar-refractivity contribution < 1.29 is 32.4 Å². The lowest BCUT2D eigenvalue weighted by Gasteiger charge is -2.33. The number of carbonyl (C=O) groups excluding carboxylic acids is 1. The summed E-state index contributed by atoms with van der Waals surface area (Å²) in [6.45, 7) is 9.89. The number of halogens is 3. The molecule has 7 nitrogen and oxygen atoms in total. The van der Waals surface area contributed by atoms with E-state index in [1.54, 1.807) is 20.8 Å². The largest absolute Gasteiger partial charge is 0.490 e. The molecule has 0 spiro atoms. The average Bonchev–Trinajstić information content (AvgIpc) is 2.61. The molecule has 1 aliphatic heterocycles. The number of benzene rings is 1. The summed E-state index contributed by atoms with van der Waals surface area (Å²) in [5.41, 5.74) is -2.45. The van der Waals surface area contributed by atoms with Crippen molar-refractivity contribution in [3.63, 3.8) is 0 Å². The van der Waals surface area contributed by atoms with Crippen LogP contribution in [0.4, 0.5) is 23.7 Å². The number of hydrogen-bond acceptors (Lipinski definition) is 5. The van der Waals surface area contributed by atoms with Crippen LogP contribution in [-0.2, 0) is 10.9 Å². The number of likely N-dealkylation sites (tertiary alicyclic amines) is 1. The Bertz CT molecular complexity index is 709. The van der Waals surface area contributed by atoms with Gasteiger partial charge in [0.05, 0.1) is 16.6 Å². The molecule has 0 bridgehead atoms. The van der Waals surface area contributed by atoms with Crippen LogP contribution in [0.15, 0.2) is 18.2 Å². The number of nitro benzene ring substituents is 1. The highest BCUT2D eigenvalue weighted by Gasteiger charge is 2.34. The molecular formula is C19H27F3N2O5. The summed E-state index contributed by atoms with van der Waals surface area (Å²) in [5, 5.41) is 10.9. The number of alkyl halides is 3. The molecule has 0 atom stereocenters. The first-order valence-electron chi connectivity index (χ1n) is 9.36. The number of hydrogen-bond donors (Lipinski definition) is 0. The summed E-state index contributed by atoms with van der Waals surface area (Å²) in [4.78, 5) is 23.5. The molecule has 1 saturated heterocycles. The summed E-state index contributed by atoms with van der Waals surface area (Å²) >= 11 is 0. The van der Waals surface area contributed by atoms with E-state index < -0.39 is 40.1 Å². The molecule has 0 aliphatic carbocycles. The van der Waals surface area contributed by atoms with Gasteiger partial charge in [-0.15, -0.1) is 0 Å². The van der Waals surface area contributed by atoms with Crippen LogP contribution in [0, 0.1) is 10.1 Å². The molecule has 0 unspecified atom stereocenters. The van der Waals surface area contributed by atoms with Crippen LogP contribution in [0.5, 0.6) is 5.75 Å². The van der Waals surface area contributed by atoms with Crippen molar-refractivity contribution in [2.24, 2.45) is 0 Å². The highest BCUT2D eigenvalue weighted by molar-refractivity contribution is 5.68. The normalized spacial score (nSPS) is 15.2. The maximum absolute atomic E-state index is 12.9. The minimum Gasteiger partial charge on any atom is -0.490 e. The molecule has 0 saturated carbocycles. The second-order valence-electron chi connectivity index (χ2n) is 7.26. The smallest absolute Gasteiger partial charge is 0.416 e. The fourth-order valence-electron chi connectivity index (χ4n) is 2.60. The average molecular weight is 420 g/mol. The Morgan fingerprint density at radius 2 is 1.69 bits per heavy atom. The predicted octanol–water partition coefficient (Wildman–Crippen LogP) is 5.42. The monoisotopic (exact) mass is 420 g/mol. The van der Waals surface area contributed by atoms with E-state index in [4.69, 9.17) is 9.47 Å². The summed E-state index contributed by atoms with van der Waals surface area (Å²) in [6, 6.07) is 2.18. The van der Waals surface area contributed by atoms with Crippen molar-refractivity contribution in [3.8, 4) is 5.75 Å². The number of carbonyl (C=O) groups is 1. The number of rotatable bonds is 3. The molecule has 0 radical (unpaired) electrons. The van der Waals surface area contributed by atoms with Crippen molar-refractivity contribution in [1.29, 1.82) is 0 Å². The second kappa shape index (κ2) is 9.80. The third kappa shape index (κ3) is 7.78. The molecule has 0 aromatic heterocycles. The summed E-state index contributed by atoms with van der Waals surface area (Å²) < 4.78 is 49.6. The molecule has 1 heterocycles. The first-order chi connectivity index (χ1) is 13.3. The van der Waals surface area contributed by atoms with Gasteiger partial charge in [0.15, 0.2) is 0 Å². The van der Waals surface area contributed by atoms with E-state index in [9.17, 15) is 28.1 Å². The zero-order valence-corrected chi connectivity index (χ0v) is 17.2. The Morgan fingerprint density at radius 3 is 2.14 bits per heavy atom. The predicted molar refractivity (Wildman–Crippen MR) is 101 cm³/mol. The molecular weight excluding hydrogens is 393 g/mol. The first kappa shape index (κ1) is 24.5. The minimum absolute atomic E-state index is 0.216. The Kier molecular flexibility index (Phi) is 8.28. The van der Waals surface area contributed by atoms with Gasteiger partial charge in [-0.1, -0.05) is 13.8 Å². The fourth-order valence-corrected chi connectivity index (χ4v) is 2.60. The number of ether oxygens (including phenoxy) is 2. The second-order valence-corrected chi connectivity index (χ2v) is 7.26. The minimum atomic E-state index is -4.72. The van der Waals surface area contributed by atoms with Crippen LogP contribution < -0.4 is 4.74 Å².